The fourth-order valence-electron chi connectivity index (χ4n) is 12.1. The molecule has 0 heterocycles. The summed E-state index contributed by atoms with van der Waals surface area (Å²) in [7, 11) is -9.91. The van der Waals surface area contributed by atoms with E-state index in [1.807, 2.05) is 0 Å². The lowest BCUT2D eigenvalue weighted by Crippen LogP contribution is -2.30. The Balaban J connectivity index is 5.26. The van der Waals surface area contributed by atoms with Crippen LogP contribution in [0.4, 0.5) is 0 Å². The van der Waals surface area contributed by atoms with E-state index in [4.69, 9.17) is 37.0 Å². The molecule has 0 bridgehead atoms. The van der Waals surface area contributed by atoms with Crippen molar-refractivity contribution in [3.8, 4) is 0 Å². The van der Waals surface area contributed by atoms with Gasteiger partial charge in [-0.3, -0.25) is 37.3 Å². The van der Waals surface area contributed by atoms with E-state index >= 15 is 0 Å². The van der Waals surface area contributed by atoms with Gasteiger partial charge in [0.15, 0.2) is 12.2 Å². The number of ether oxygens (including phenoxy) is 4. The van der Waals surface area contributed by atoms with Gasteiger partial charge < -0.3 is 33.8 Å². The molecule has 5 atom stereocenters. The Hall–Kier alpha value is -1.94. The van der Waals surface area contributed by atoms with Crippen LogP contribution in [0, 0.1) is 5.92 Å². The Morgan fingerprint density at radius 3 is 0.701 bits per heavy atom. The molecule has 0 amide bonds. The normalized spacial score (nSPS) is 13.9. The Morgan fingerprint density at radius 1 is 0.278 bits per heavy atom. The number of esters is 4. The Morgan fingerprint density at radius 2 is 0.474 bits per heavy atom. The average Bonchev–Trinajstić information content (AvgIpc) is 1.47. The molecule has 0 aromatic heterocycles. The molecule has 0 aliphatic heterocycles. The van der Waals surface area contributed by atoms with Gasteiger partial charge in [-0.25, -0.2) is 9.13 Å². The first-order chi connectivity index (χ1) is 47.0. The summed E-state index contributed by atoms with van der Waals surface area (Å²) in [5.41, 5.74) is 0. The van der Waals surface area contributed by atoms with E-state index in [1.54, 1.807) is 0 Å². The van der Waals surface area contributed by atoms with Crippen molar-refractivity contribution in [2.45, 2.75) is 432 Å². The first kappa shape index (κ1) is 95.1. The maximum absolute atomic E-state index is 13.1. The van der Waals surface area contributed by atoms with Crippen molar-refractivity contribution >= 4 is 39.5 Å². The molecular formula is C78H152O17P2. The van der Waals surface area contributed by atoms with Gasteiger partial charge in [-0.15, -0.1) is 0 Å². The van der Waals surface area contributed by atoms with Gasteiger partial charge in [0, 0.05) is 25.7 Å². The van der Waals surface area contributed by atoms with Crippen LogP contribution >= 0.6 is 15.6 Å². The number of hydrogen-bond donors (Lipinski definition) is 3. The Labute approximate surface area is 594 Å². The maximum atomic E-state index is 13.1. The molecule has 2 unspecified atom stereocenters. The average molecular weight is 1420 g/mol. The SMILES string of the molecule is CCCCCCCCCCCCCCCCCCC(=O)O[C@H](COC(=O)CCCCCCCCCCCCCCC(C)C)COP(=O)(O)OC[C@@H](O)COP(=O)(O)OC[C@@H](COC(=O)CCCCCCCCCCCCCCC)OC(=O)CCCCCCCCCCCCCCC. The van der Waals surface area contributed by atoms with E-state index in [0.29, 0.717) is 25.7 Å². The van der Waals surface area contributed by atoms with E-state index in [2.05, 4.69) is 34.6 Å². The standard InChI is InChI=1S/C78H152O17P2/c1-6-9-12-15-18-21-24-27-28-29-32-39-44-49-54-59-64-78(83)95-74(68-89-76(81)62-57-52-47-42-37-34-33-35-40-45-50-55-60-71(4)5)70-93-97(86,87)91-66-72(79)65-90-96(84,85)92-69-73(94-77(82)63-58-53-48-43-38-31-26-23-20-17-14-11-8-3)67-88-75(80)61-56-51-46-41-36-30-25-22-19-16-13-10-7-2/h71-74,79H,6-70H2,1-5H3,(H,84,85)(H,86,87)/t72-,73+,74+/m0/s1. The zero-order valence-corrected chi connectivity index (χ0v) is 65.0. The molecule has 0 fully saturated rings. The van der Waals surface area contributed by atoms with Crippen LogP contribution in [0.2, 0.25) is 0 Å². The molecule has 19 heteroatoms. The van der Waals surface area contributed by atoms with Crippen molar-refractivity contribution in [1.29, 1.82) is 0 Å². The summed E-state index contributed by atoms with van der Waals surface area (Å²) >= 11 is 0. The third-order valence-electron chi connectivity index (χ3n) is 18.3. The zero-order valence-electron chi connectivity index (χ0n) is 63.2. The summed E-state index contributed by atoms with van der Waals surface area (Å²) < 4.78 is 68.7. The molecule has 0 aromatic carbocycles. The topological polar surface area (TPSA) is 237 Å². The molecule has 0 aliphatic rings. The second-order valence-electron chi connectivity index (χ2n) is 28.6. The number of rotatable bonds is 78. The Bertz CT molecular complexity index is 1860. The van der Waals surface area contributed by atoms with Crippen molar-refractivity contribution in [3.63, 3.8) is 0 Å². The van der Waals surface area contributed by atoms with Gasteiger partial charge in [-0.2, -0.15) is 0 Å². The molecule has 0 rings (SSSR count). The monoisotopic (exact) mass is 1420 g/mol. The van der Waals surface area contributed by atoms with Gasteiger partial charge in [0.1, 0.15) is 19.3 Å². The highest BCUT2D eigenvalue weighted by molar-refractivity contribution is 7.47. The van der Waals surface area contributed by atoms with Crippen LogP contribution in [-0.2, 0) is 65.4 Å². The van der Waals surface area contributed by atoms with Crippen LogP contribution in [0.25, 0.3) is 0 Å². The zero-order chi connectivity index (χ0) is 71.2. The number of aliphatic hydroxyl groups is 1. The molecule has 97 heavy (non-hydrogen) atoms. The van der Waals surface area contributed by atoms with Crippen LogP contribution in [0.15, 0.2) is 0 Å². The van der Waals surface area contributed by atoms with Gasteiger partial charge in [-0.05, 0) is 31.6 Å². The highest BCUT2D eigenvalue weighted by Gasteiger charge is 2.30. The molecule has 0 radical (unpaired) electrons. The predicted molar refractivity (Wildman–Crippen MR) is 395 cm³/mol. The third kappa shape index (κ3) is 72.2. The lowest BCUT2D eigenvalue weighted by molar-refractivity contribution is -0.161. The minimum atomic E-state index is -4.96. The van der Waals surface area contributed by atoms with Crippen molar-refractivity contribution in [3.05, 3.63) is 0 Å². The predicted octanol–water partition coefficient (Wildman–Crippen LogP) is 23.3. The van der Waals surface area contributed by atoms with E-state index in [9.17, 15) is 43.2 Å². The molecule has 0 spiro atoms. The largest absolute Gasteiger partial charge is 0.472 e. The second kappa shape index (κ2) is 71.1. The number of hydrogen-bond acceptors (Lipinski definition) is 15. The summed E-state index contributed by atoms with van der Waals surface area (Å²) in [4.78, 5) is 72.9. The van der Waals surface area contributed by atoms with E-state index in [-0.39, 0.29) is 25.7 Å². The molecule has 3 N–H and O–H groups in total. The first-order valence-corrected chi connectivity index (χ1v) is 43.6. The van der Waals surface area contributed by atoms with Gasteiger partial charge in [0.05, 0.1) is 26.4 Å². The number of phosphoric acid groups is 2. The number of unbranched alkanes of at least 4 members (excludes halogenated alkanes) is 50. The summed E-state index contributed by atoms with van der Waals surface area (Å²) in [5.74, 6) is -1.32. The van der Waals surface area contributed by atoms with E-state index < -0.39 is 97.5 Å². The first-order valence-electron chi connectivity index (χ1n) is 40.6. The number of aliphatic hydroxyl groups excluding tert-OH is 1. The molecular weight excluding hydrogens is 1270 g/mol. The molecule has 0 saturated carbocycles. The third-order valence-corrected chi connectivity index (χ3v) is 20.2. The molecule has 576 valence electrons. The van der Waals surface area contributed by atoms with Crippen molar-refractivity contribution in [2.24, 2.45) is 5.92 Å². The molecule has 17 nitrogen and oxygen atoms in total. The molecule has 0 aromatic rings. The van der Waals surface area contributed by atoms with Gasteiger partial charge >= 0.3 is 39.5 Å². The van der Waals surface area contributed by atoms with Crippen LogP contribution in [-0.4, -0.2) is 96.7 Å². The van der Waals surface area contributed by atoms with Gasteiger partial charge in [0.25, 0.3) is 0 Å². The minimum Gasteiger partial charge on any atom is -0.462 e. The van der Waals surface area contributed by atoms with Crippen LogP contribution in [0.5, 0.6) is 0 Å². The quantitative estimate of drug-likeness (QED) is 0.0222. The van der Waals surface area contributed by atoms with E-state index in [0.717, 1.165) is 95.8 Å². The lowest BCUT2D eigenvalue weighted by atomic mass is 10.0. The summed E-state index contributed by atoms with van der Waals surface area (Å²) in [6.07, 6.45) is 60.8. The highest BCUT2D eigenvalue weighted by Crippen LogP contribution is 2.45. The fourth-order valence-corrected chi connectivity index (χ4v) is 13.6. The number of carbonyl (C=O) groups excluding carboxylic acids is 4. The summed E-state index contributed by atoms with van der Waals surface area (Å²) in [6.45, 7) is 7.33. The van der Waals surface area contributed by atoms with Crippen LogP contribution in [0.1, 0.15) is 413 Å². The molecule has 0 saturated heterocycles. The summed E-state index contributed by atoms with van der Waals surface area (Å²) in [6, 6.07) is 0. The van der Waals surface area contributed by atoms with E-state index in [1.165, 1.54) is 238 Å². The van der Waals surface area contributed by atoms with Gasteiger partial charge in [0.2, 0.25) is 0 Å². The van der Waals surface area contributed by atoms with Crippen molar-refractivity contribution in [2.75, 3.05) is 39.6 Å². The maximum Gasteiger partial charge on any atom is 0.472 e. The Kier molecular flexibility index (Phi) is 69.6. The fraction of sp³-hybridized carbons (Fsp3) is 0.949. The highest BCUT2D eigenvalue weighted by atomic mass is 31.2. The van der Waals surface area contributed by atoms with Crippen LogP contribution in [0.3, 0.4) is 0 Å². The van der Waals surface area contributed by atoms with Gasteiger partial charge in [-0.1, -0.05) is 362 Å². The summed E-state index contributed by atoms with van der Waals surface area (Å²) in [5, 5.41) is 10.6. The van der Waals surface area contributed by atoms with Crippen molar-refractivity contribution < 1.29 is 80.2 Å². The molecule has 0 aliphatic carbocycles. The minimum absolute atomic E-state index is 0.108. The van der Waals surface area contributed by atoms with Crippen LogP contribution < -0.4 is 0 Å². The lowest BCUT2D eigenvalue weighted by Gasteiger charge is -2.21. The van der Waals surface area contributed by atoms with Crippen molar-refractivity contribution in [1.82, 2.24) is 0 Å². The number of carbonyl (C=O) groups is 4. The smallest absolute Gasteiger partial charge is 0.462 e. The second-order valence-corrected chi connectivity index (χ2v) is 31.5. The number of phosphoric ester groups is 2.